The average Bonchev–Trinajstić information content (AvgIpc) is 2.61. The van der Waals surface area contributed by atoms with Crippen LogP contribution in [0.15, 0.2) is 42.5 Å². The van der Waals surface area contributed by atoms with Crippen LogP contribution in [0.1, 0.15) is 10.4 Å². The van der Waals surface area contributed by atoms with E-state index in [1.54, 1.807) is 47.4 Å². The van der Waals surface area contributed by atoms with Crippen molar-refractivity contribution in [2.24, 2.45) is 0 Å². The first-order valence-corrected chi connectivity index (χ1v) is 8.02. The maximum atomic E-state index is 12.7. The molecule has 0 aromatic heterocycles. The Labute approximate surface area is 152 Å². The Morgan fingerprint density at radius 2 is 1.58 bits per heavy atom. The van der Waals surface area contributed by atoms with E-state index in [-0.39, 0.29) is 18.4 Å². The van der Waals surface area contributed by atoms with Gasteiger partial charge in [0.1, 0.15) is 0 Å². The van der Waals surface area contributed by atoms with E-state index in [1.807, 2.05) is 14.1 Å². The van der Waals surface area contributed by atoms with Crippen LogP contribution >= 0.6 is 0 Å². The Morgan fingerprint density at radius 1 is 0.923 bits per heavy atom. The summed E-state index contributed by atoms with van der Waals surface area (Å²) < 4.78 is 10.5. The number of anilines is 2. The minimum absolute atomic E-state index is 0.171. The van der Waals surface area contributed by atoms with E-state index in [4.69, 9.17) is 9.47 Å². The largest absolute Gasteiger partial charge is 0.493 e. The number of carbonyl (C=O) groups is 2. The molecule has 0 saturated carbocycles. The number of nitrogens with one attached hydrogen (secondary N) is 2. The van der Waals surface area contributed by atoms with Crippen molar-refractivity contribution in [1.82, 2.24) is 4.90 Å². The van der Waals surface area contributed by atoms with Gasteiger partial charge in [-0.05, 0) is 38.4 Å². The highest BCUT2D eigenvalue weighted by Gasteiger charge is 2.18. The number of hydrogen-bond donors (Lipinski definition) is 2. The number of methoxy groups -OCH3 is 2. The van der Waals surface area contributed by atoms with Gasteiger partial charge in [-0.2, -0.15) is 0 Å². The van der Waals surface area contributed by atoms with Crippen molar-refractivity contribution in [3.63, 3.8) is 0 Å². The van der Waals surface area contributed by atoms with Crippen LogP contribution in [0.5, 0.6) is 11.5 Å². The Bertz CT molecular complexity index is 790. The Kier molecular flexibility index (Phi) is 6.57. The highest BCUT2D eigenvalue weighted by Crippen LogP contribution is 2.31. The lowest BCUT2D eigenvalue weighted by molar-refractivity contribution is -0.116. The summed E-state index contributed by atoms with van der Waals surface area (Å²) in [6.07, 6.45) is 0. The number of amides is 2. The fraction of sp³-hybridized carbons (Fsp3) is 0.263. The molecule has 0 atom stereocenters. The van der Waals surface area contributed by atoms with Gasteiger partial charge in [0.25, 0.3) is 5.91 Å². The zero-order valence-electron chi connectivity index (χ0n) is 15.3. The molecular weight excluding hydrogens is 334 g/mol. The second-order valence-electron chi connectivity index (χ2n) is 5.83. The third-order valence-corrected chi connectivity index (χ3v) is 3.56. The van der Waals surface area contributed by atoms with Gasteiger partial charge in [-0.3, -0.25) is 9.59 Å². The highest BCUT2D eigenvalue weighted by molar-refractivity contribution is 6.09. The van der Waals surface area contributed by atoms with Crippen LogP contribution in [0.2, 0.25) is 0 Å². The molecule has 0 aliphatic heterocycles. The van der Waals surface area contributed by atoms with Crippen LogP contribution < -0.4 is 20.1 Å². The number of likely N-dealkylation sites (N-methyl/N-ethyl adjacent to an activating group) is 1. The molecule has 26 heavy (non-hydrogen) atoms. The van der Waals surface area contributed by atoms with Crippen LogP contribution in [-0.4, -0.2) is 51.6 Å². The van der Waals surface area contributed by atoms with E-state index >= 15 is 0 Å². The molecule has 2 rings (SSSR count). The number of ether oxygens (including phenoxy) is 2. The molecule has 2 aromatic rings. The summed E-state index contributed by atoms with van der Waals surface area (Å²) in [5, 5.41) is 5.61. The van der Waals surface area contributed by atoms with Gasteiger partial charge in [0.05, 0.1) is 37.7 Å². The molecule has 2 N–H and O–H groups in total. The van der Waals surface area contributed by atoms with Crippen molar-refractivity contribution in [1.29, 1.82) is 0 Å². The summed E-state index contributed by atoms with van der Waals surface area (Å²) in [6, 6.07) is 12.1. The van der Waals surface area contributed by atoms with Crippen molar-refractivity contribution in [2.75, 3.05) is 45.5 Å². The zero-order chi connectivity index (χ0) is 19.1. The Morgan fingerprint density at radius 3 is 2.15 bits per heavy atom. The van der Waals surface area contributed by atoms with Crippen molar-refractivity contribution in [3.8, 4) is 11.5 Å². The fourth-order valence-electron chi connectivity index (χ4n) is 2.43. The first-order valence-electron chi connectivity index (χ1n) is 8.02. The van der Waals surface area contributed by atoms with Crippen molar-refractivity contribution in [3.05, 3.63) is 48.0 Å². The molecule has 0 unspecified atom stereocenters. The maximum absolute atomic E-state index is 12.7. The molecule has 138 valence electrons. The average molecular weight is 357 g/mol. The summed E-state index contributed by atoms with van der Waals surface area (Å²) in [7, 11) is 6.60. The van der Waals surface area contributed by atoms with E-state index < -0.39 is 0 Å². The minimum Gasteiger partial charge on any atom is -0.493 e. The number of benzene rings is 2. The fourth-order valence-corrected chi connectivity index (χ4v) is 2.43. The van der Waals surface area contributed by atoms with E-state index in [9.17, 15) is 9.59 Å². The first-order chi connectivity index (χ1) is 12.5. The number of para-hydroxylation sites is 3. The Balaban J connectivity index is 2.24. The molecule has 2 aromatic carbocycles. The highest BCUT2D eigenvalue weighted by atomic mass is 16.5. The molecule has 2 amide bonds. The van der Waals surface area contributed by atoms with Gasteiger partial charge >= 0.3 is 0 Å². The molecule has 0 saturated heterocycles. The molecule has 0 aliphatic carbocycles. The summed E-state index contributed by atoms with van der Waals surface area (Å²) in [5.74, 6) is 0.278. The molecule has 0 spiro atoms. The summed E-state index contributed by atoms with van der Waals surface area (Å²) in [6.45, 7) is 0.242. The summed E-state index contributed by atoms with van der Waals surface area (Å²) >= 11 is 0. The maximum Gasteiger partial charge on any atom is 0.259 e. The number of hydrogen-bond acceptors (Lipinski definition) is 5. The van der Waals surface area contributed by atoms with E-state index in [0.29, 0.717) is 28.4 Å². The normalized spacial score (nSPS) is 10.3. The molecule has 0 radical (unpaired) electrons. The predicted molar refractivity (Wildman–Crippen MR) is 101 cm³/mol. The summed E-state index contributed by atoms with van der Waals surface area (Å²) in [4.78, 5) is 26.5. The van der Waals surface area contributed by atoms with E-state index in [0.717, 1.165) is 0 Å². The quantitative estimate of drug-likeness (QED) is 0.796. The monoisotopic (exact) mass is 357 g/mol. The van der Waals surface area contributed by atoms with Crippen LogP contribution in [0, 0.1) is 0 Å². The predicted octanol–water partition coefficient (Wildman–Crippen LogP) is 2.46. The van der Waals surface area contributed by atoms with Gasteiger partial charge in [0, 0.05) is 0 Å². The SMILES string of the molecule is COc1cccc(C(=O)Nc2ccccc2NC(=O)CN(C)C)c1OC. The second-order valence-corrected chi connectivity index (χ2v) is 5.83. The molecule has 0 bridgehead atoms. The van der Waals surface area contributed by atoms with E-state index in [1.165, 1.54) is 14.2 Å². The molecule has 7 nitrogen and oxygen atoms in total. The number of rotatable bonds is 7. The van der Waals surface area contributed by atoms with Crippen molar-refractivity contribution >= 4 is 23.2 Å². The molecule has 0 aliphatic rings. The van der Waals surface area contributed by atoms with Crippen LogP contribution in [0.4, 0.5) is 11.4 Å². The van der Waals surface area contributed by atoms with Gasteiger partial charge in [-0.1, -0.05) is 18.2 Å². The van der Waals surface area contributed by atoms with Crippen LogP contribution in [0.25, 0.3) is 0 Å². The molecule has 0 fully saturated rings. The third-order valence-electron chi connectivity index (χ3n) is 3.56. The van der Waals surface area contributed by atoms with Crippen molar-refractivity contribution < 1.29 is 19.1 Å². The standard InChI is InChI=1S/C19H23N3O4/c1-22(2)12-17(23)20-14-9-5-6-10-15(14)21-19(24)13-8-7-11-16(25-3)18(13)26-4/h5-11H,12H2,1-4H3,(H,20,23)(H,21,24). The van der Waals surface area contributed by atoms with Crippen LogP contribution in [0.3, 0.4) is 0 Å². The molecule has 7 heteroatoms. The van der Waals surface area contributed by atoms with Crippen LogP contribution in [-0.2, 0) is 4.79 Å². The minimum atomic E-state index is -0.366. The molecular formula is C19H23N3O4. The number of carbonyl (C=O) groups excluding carboxylic acids is 2. The van der Waals surface area contributed by atoms with Gasteiger partial charge in [-0.25, -0.2) is 0 Å². The lowest BCUT2D eigenvalue weighted by atomic mass is 10.1. The smallest absolute Gasteiger partial charge is 0.259 e. The topological polar surface area (TPSA) is 79.9 Å². The first kappa shape index (κ1) is 19.3. The zero-order valence-corrected chi connectivity index (χ0v) is 15.3. The van der Waals surface area contributed by atoms with E-state index in [2.05, 4.69) is 10.6 Å². The van der Waals surface area contributed by atoms with Crippen molar-refractivity contribution in [2.45, 2.75) is 0 Å². The Hall–Kier alpha value is -3.06. The number of nitrogens with zero attached hydrogens (tertiary/aromatic N) is 1. The third kappa shape index (κ3) is 4.73. The lowest BCUT2D eigenvalue weighted by Crippen LogP contribution is -2.27. The lowest BCUT2D eigenvalue weighted by Gasteiger charge is -2.15. The van der Waals surface area contributed by atoms with Gasteiger partial charge in [0.15, 0.2) is 11.5 Å². The van der Waals surface area contributed by atoms with Gasteiger partial charge in [0.2, 0.25) is 5.91 Å². The molecule has 0 heterocycles. The summed E-state index contributed by atoms with van der Waals surface area (Å²) in [5.41, 5.74) is 1.35. The second kappa shape index (κ2) is 8.87. The van der Waals surface area contributed by atoms with Gasteiger partial charge < -0.3 is 25.0 Å². The van der Waals surface area contributed by atoms with Gasteiger partial charge in [-0.15, -0.1) is 0 Å².